The number of carbonyl (C=O) groups excluding carboxylic acids is 1. The highest BCUT2D eigenvalue weighted by Crippen LogP contribution is 2.28. The molecule has 0 spiro atoms. The number of benzene rings is 2. The molecule has 0 radical (unpaired) electrons. The van der Waals surface area contributed by atoms with Crippen LogP contribution in [-0.4, -0.2) is 20.6 Å². The van der Waals surface area contributed by atoms with Crippen LogP contribution in [0.25, 0.3) is 22.2 Å². The van der Waals surface area contributed by atoms with Crippen LogP contribution in [0.2, 0.25) is 0 Å². The van der Waals surface area contributed by atoms with Crippen LogP contribution in [0.3, 0.4) is 0 Å². The average molecular weight is 405 g/mol. The van der Waals surface area contributed by atoms with Crippen molar-refractivity contribution < 1.29 is 9.90 Å². The highest BCUT2D eigenvalue weighted by molar-refractivity contribution is 7.14. The summed E-state index contributed by atoms with van der Waals surface area (Å²) in [5, 5.41) is 16.0. The van der Waals surface area contributed by atoms with Crippen LogP contribution < -0.4 is 10.9 Å². The maximum absolute atomic E-state index is 13.0. The number of rotatable bonds is 5. The number of aromatic hydroxyl groups is 1. The molecule has 7 heteroatoms. The van der Waals surface area contributed by atoms with Crippen molar-refractivity contribution in [3.05, 3.63) is 75.9 Å². The number of aryl methyl sites for hydroxylation is 1. The Labute approximate surface area is 171 Å². The normalized spacial score (nSPS) is 10.9. The summed E-state index contributed by atoms with van der Waals surface area (Å²) in [5.74, 6) is -0.979. The third-order valence-corrected chi connectivity index (χ3v) is 5.37. The van der Waals surface area contributed by atoms with E-state index in [0.29, 0.717) is 22.6 Å². The molecule has 0 aliphatic carbocycles. The summed E-state index contributed by atoms with van der Waals surface area (Å²) in [6.45, 7) is 2.41. The molecule has 4 aromatic rings. The predicted molar refractivity (Wildman–Crippen MR) is 116 cm³/mol. The third-order valence-electron chi connectivity index (χ3n) is 4.61. The smallest absolute Gasteiger partial charge is 0.267 e. The number of hydrogen-bond donors (Lipinski definition) is 2. The van der Waals surface area contributed by atoms with E-state index in [0.717, 1.165) is 17.7 Å². The first-order valence-corrected chi connectivity index (χ1v) is 10.1. The highest BCUT2D eigenvalue weighted by atomic mass is 32.1. The predicted octanol–water partition coefficient (Wildman–Crippen LogP) is 4.49. The van der Waals surface area contributed by atoms with Gasteiger partial charge in [-0.25, -0.2) is 4.98 Å². The van der Waals surface area contributed by atoms with Crippen LogP contribution >= 0.6 is 11.3 Å². The number of nitrogens with zero attached hydrogens (tertiary/aromatic N) is 2. The SMILES string of the molecule is CCCn1c(=O)c(C(=O)Nc2nc(-c3ccccc3)cs2)c(O)c2ccccc21. The number of aromatic nitrogens is 2. The number of fused-ring (bicyclic) bond motifs is 1. The number of pyridine rings is 1. The summed E-state index contributed by atoms with van der Waals surface area (Å²) < 4.78 is 1.53. The Morgan fingerprint density at radius 1 is 1.14 bits per heavy atom. The van der Waals surface area contributed by atoms with Gasteiger partial charge in [0.15, 0.2) is 5.13 Å². The first-order valence-electron chi connectivity index (χ1n) is 9.27. The van der Waals surface area contributed by atoms with Gasteiger partial charge in [-0.3, -0.25) is 14.9 Å². The zero-order chi connectivity index (χ0) is 20.4. The maximum atomic E-state index is 13.0. The minimum absolute atomic E-state index is 0.270. The van der Waals surface area contributed by atoms with Gasteiger partial charge in [-0.15, -0.1) is 11.3 Å². The second-order valence-corrected chi connectivity index (χ2v) is 7.41. The zero-order valence-electron chi connectivity index (χ0n) is 15.8. The zero-order valence-corrected chi connectivity index (χ0v) is 16.6. The second-order valence-electron chi connectivity index (χ2n) is 6.56. The molecule has 0 fully saturated rings. The molecule has 0 saturated heterocycles. The van der Waals surface area contributed by atoms with Crippen LogP contribution in [0.4, 0.5) is 5.13 Å². The Kier molecular flexibility index (Phi) is 5.14. The fraction of sp³-hybridized carbons (Fsp3) is 0.136. The molecule has 2 aromatic carbocycles. The van der Waals surface area contributed by atoms with Crippen molar-refractivity contribution >= 4 is 33.3 Å². The lowest BCUT2D eigenvalue weighted by Gasteiger charge is -2.13. The van der Waals surface area contributed by atoms with Gasteiger partial charge >= 0.3 is 0 Å². The van der Waals surface area contributed by atoms with Crippen molar-refractivity contribution in [2.45, 2.75) is 19.9 Å². The molecule has 2 aromatic heterocycles. The summed E-state index contributed by atoms with van der Waals surface area (Å²) in [7, 11) is 0. The van der Waals surface area contributed by atoms with Crippen molar-refractivity contribution in [2.24, 2.45) is 0 Å². The molecule has 0 unspecified atom stereocenters. The topological polar surface area (TPSA) is 84.2 Å². The molecule has 0 aliphatic rings. The third kappa shape index (κ3) is 3.52. The molecule has 0 atom stereocenters. The Morgan fingerprint density at radius 2 is 1.86 bits per heavy atom. The van der Waals surface area contributed by atoms with E-state index >= 15 is 0 Å². The Balaban J connectivity index is 1.73. The van der Waals surface area contributed by atoms with Gasteiger partial charge in [0.25, 0.3) is 11.5 Å². The molecule has 6 nitrogen and oxygen atoms in total. The van der Waals surface area contributed by atoms with Crippen LogP contribution in [0, 0.1) is 0 Å². The lowest BCUT2D eigenvalue weighted by Crippen LogP contribution is -2.29. The molecule has 1 amide bonds. The molecule has 0 aliphatic heterocycles. The van der Waals surface area contributed by atoms with Gasteiger partial charge in [-0.05, 0) is 18.6 Å². The Morgan fingerprint density at radius 3 is 2.62 bits per heavy atom. The van der Waals surface area contributed by atoms with E-state index in [-0.39, 0.29) is 11.3 Å². The van der Waals surface area contributed by atoms with Crippen molar-refractivity contribution in [1.82, 2.24) is 9.55 Å². The minimum atomic E-state index is -0.669. The van der Waals surface area contributed by atoms with Crippen LogP contribution in [0.1, 0.15) is 23.7 Å². The number of anilines is 1. The van der Waals surface area contributed by atoms with Gasteiger partial charge in [-0.1, -0.05) is 49.4 Å². The summed E-state index contributed by atoms with van der Waals surface area (Å²) >= 11 is 1.26. The van der Waals surface area contributed by atoms with Gasteiger partial charge in [0.1, 0.15) is 11.3 Å². The molecule has 29 heavy (non-hydrogen) atoms. The molecule has 2 heterocycles. The molecular weight excluding hydrogens is 386 g/mol. The minimum Gasteiger partial charge on any atom is -0.506 e. The van der Waals surface area contributed by atoms with E-state index in [1.807, 2.05) is 42.6 Å². The van der Waals surface area contributed by atoms with Crippen molar-refractivity contribution in [3.63, 3.8) is 0 Å². The summed E-state index contributed by atoms with van der Waals surface area (Å²) in [6.07, 6.45) is 0.725. The molecular formula is C22H19N3O3S. The van der Waals surface area contributed by atoms with Crippen LogP contribution in [0.5, 0.6) is 5.75 Å². The lowest BCUT2D eigenvalue weighted by molar-refractivity contribution is 0.102. The molecule has 146 valence electrons. The Hall–Kier alpha value is -3.45. The van der Waals surface area contributed by atoms with E-state index in [4.69, 9.17) is 0 Å². The first-order chi connectivity index (χ1) is 14.1. The van der Waals surface area contributed by atoms with Gasteiger partial charge in [0.05, 0.1) is 11.2 Å². The first kappa shape index (κ1) is 18.9. The highest BCUT2D eigenvalue weighted by Gasteiger charge is 2.22. The van der Waals surface area contributed by atoms with E-state index in [2.05, 4.69) is 10.3 Å². The van der Waals surface area contributed by atoms with E-state index in [9.17, 15) is 14.7 Å². The molecule has 4 rings (SSSR count). The summed E-state index contributed by atoms with van der Waals surface area (Å²) in [6, 6.07) is 16.6. The summed E-state index contributed by atoms with van der Waals surface area (Å²) in [5.41, 5.74) is 1.49. The monoisotopic (exact) mass is 405 g/mol. The fourth-order valence-corrected chi connectivity index (χ4v) is 3.99. The van der Waals surface area contributed by atoms with Crippen molar-refractivity contribution in [2.75, 3.05) is 5.32 Å². The van der Waals surface area contributed by atoms with Crippen LogP contribution in [0.15, 0.2) is 64.8 Å². The van der Waals surface area contributed by atoms with E-state index < -0.39 is 11.5 Å². The van der Waals surface area contributed by atoms with Gasteiger partial charge in [0, 0.05) is 22.9 Å². The maximum Gasteiger partial charge on any atom is 0.267 e. The molecule has 0 bridgehead atoms. The molecule has 0 saturated carbocycles. The van der Waals surface area contributed by atoms with Crippen LogP contribution in [-0.2, 0) is 6.54 Å². The number of hydrogen-bond acceptors (Lipinski definition) is 5. The fourth-order valence-electron chi connectivity index (χ4n) is 3.27. The standard InChI is InChI=1S/C22H19N3O3S/c1-2-12-25-17-11-7-6-10-15(17)19(26)18(21(25)28)20(27)24-22-23-16(13-29-22)14-8-4-3-5-9-14/h3-11,13,26H,2,12H2,1H3,(H,23,24,27). The average Bonchev–Trinajstić information content (AvgIpc) is 3.20. The van der Waals surface area contributed by atoms with Gasteiger partial charge in [0.2, 0.25) is 0 Å². The van der Waals surface area contributed by atoms with Gasteiger partial charge < -0.3 is 9.67 Å². The number of para-hydroxylation sites is 1. The number of thiazole rings is 1. The van der Waals surface area contributed by atoms with E-state index in [1.54, 1.807) is 24.3 Å². The van der Waals surface area contributed by atoms with Gasteiger partial charge in [-0.2, -0.15) is 0 Å². The Bertz CT molecular complexity index is 1250. The lowest BCUT2D eigenvalue weighted by atomic mass is 10.1. The number of carbonyl (C=O) groups is 1. The van der Waals surface area contributed by atoms with Crippen molar-refractivity contribution in [1.29, 1.82) is 0 Å². The number of nitrogens with one attached hydrogen (secondary N) is 1. The second kappa shape index (κ2) is 7.89. The molecule has 2 N–H and O–H groups in total. The van der Waals surface area contributed by atoms with E-state index in [1.165, 1.54) is 15.9 Å². The summed E-state index contributed by atoms with van der Waals surface area (Å²) in [4.78, 5) is 30.3. The van der Waals surface area contributed by atoms with Crippen molar-refractivity contribution in [3.8, 4) is 17.0 Å². The number of amides is 1. The quantitative estimate of drug-likeness (QED) is 0.512. The largest absolute Gasteiger partial charge is 0.506 e.